The number of furan rings is 1. The zero-order valence-electron chi connectivity index (χ0n) is 14.9. The Bertz CT molecular complexity index is 866. The Hall–Kier alpha value is -2.16. The summed E-state index contributed by atoms with van der Waals surface area (Å²) < 4.78 is 32.7. The summed E-state index contributed by atoms with van der Waals surface area (Å²) in [6.07, 6.45) is 0. The molecule has 1 N–H and O–H groups in total. The van der Waals surface area contributed by atoms with Crippen molar-refractivity contribution in [2.75, 3.05) is 31.5 Å². The van der Waals surface area contributed by atoms with Crippen LogP contribution in [0.5, 0.6) is 0 Å². The summed E-state index contributed by atoms with van der Waals surface area (Å²) in [5.74, 6) is 1.58. The molecule has 0 radical (unpaired) electrons. The molecule has 140 valence electrons. The van der Waals surface area contributed by atoms with Gasteiger partial charge in [-0.1, -0.05) is 0 Å². The Kier molecular flexibility index (Phi) is 5.45. The van der Waals surface area contributed by atoms with Crippen LogP contribution >= 0.6 is 0 Å². The highest BCUT2D eigenvalue weighted by atomic mass is 32.2. The van der Waals surface area contributed by atoms with Gasteiger partial charge in [0.05, 0.1) is 11.4 Å². The van der Waals surface area contributed by atoms with Gasteiger partial charge in [-0.15, -0.1) is 0 Å². The van der Waals surface area contributed by atoms with Gasteiger partial charge in [0, 0.05) is 38.8 Å². The summed E-state index contributed by atoms with van der Waals surface area (Å²) in [6.45, 7) is 6.20. The van der Waals surface area contributed by atoms with E-state index < -0.39 is 10.0 Å². The highest BCUT2D eigenvalue weighted by molar-refractivity contribution is 7.89. The number of carbonyl (C=O) groups excluding carboxylic acids is 1. The van der Waals surface area contributed by atoms with Crippen molar-refractivity contribution in [3.05, 3.63) is 47.9 Å². The van der Waals surface area contributed by atoms with Gasteiger partial charge in [-0.2, -0.15) is 4.31 Å². The quantitative estimate of drug-likeness (QED) is 0.862. The van der Waals surface area contributed by atoms with E-state index in [2.05, 4.69) is 10.2 Å². The minimum absolute atomic E-state index is 0.191. The Balaban J connectivity index is 1.61. The summed E-state index contributed by atoms with van der Waals surface area (Å²) in [5, 5.41) is 2.63. The average molecular weight is 377 g/mol. The lowest BCUT2D eigenvalue weighted by Crippen LogP contribution is -2.48. The summed E-state index contributed by atoms with van der Waals surface area (Å²) in [7, 11) is -3.53. The van der Waals surface area contributed by atoms with Gasteiger partial charge < -0.3 is 9.73 Å². The largest absolute Gasteiger partial charge is 0.465 e. The molecule has 2 aromatic rings. The second-order valence-electron chi connectivity index (χ2n) is 6.40. The Labute approximate surface area is 153 Å². The smallest absolute Gasteiger partial charge is 0.243 e. The number of nitrogens with zero attached hydrogens (tertiary/aromatic N) is 2. The van der Waals surface area contributed by atoms with Crippen molar-refractivity contribution in [2.45, 2.75) is 25.3 Å². The highest BCUT2D eigenvalue weighted by Crippen LogP contribution is 2.20. The van der Waals surface area contributed by atoms with Gasteiger partial charge in [0.15, 0.2) is 0 Å². The summed E-state index contributed by atoms with van der Waals surface area (Å²) >= 11 is 0. The van der Waals surface area contributed by atoms with Crippen molar-refractivity contribution in [3.8, 4) is 0 Å². The second kappa shape index (κ2) is 7.61. The fourth-order valence-corrected chi connectivity index (χ4v) is 4.40. The molecule has 1 fully saturated rings. The predicted octanol–water partition coefficient (Wildman–Crippen LogP) is 2.05. The van der Waals surface area contributed by atoms with E-state index in [0.29, 0.717) is 38.4 Å². The van der Waals surface area contributed by atoms with E-state index >= 15 is 0 Å². The molecule has 8 heteroatoms. The molecule has 1 amide bonds. The van der Waals surface area contributed by atoms with E-state index in [9.17, 15) is 13.2 Å². The van der Waals surface area contributed by atoms with Crippen LogP contribution in [0.25, 0.3) is 0 Å². The third kappa shape index (κ3) is 4.32. The van der Waals surface area contributed by atoms with Crippen LogP contribution in [0.15, 0.2) is 45.7 Å². The number of anilines is 1. The standard InChI is InChI=1S/C18H23N3O4S/c1-14-3-6-17(25-14)13-20-9-11-21(12-10-20)26(23,24)18-7-4-16(5-8-18)19-15(2)22/h3-8H,9-13H2,1-2H3,(H,19,22). The van der Waals surface area contributed by atoms with Crippen molar-refractivity contribution >= 4 is 21.6 Å². The zero-order chi connectivity index (χ0) is 18.7. The van der Waals surface area contributed by atoms with Crippen LogP contribution < -0.4 is 5.32 Å². The number of piperazine rings is 1. The van der Waals surface area contributed by atoms with Crippen LogP contribution in [0.3, 0.4) is 0 Å². The first-order valence-electron chi connectivity index (χ1n) is 8.50. The molecule has 0 unspecified atom stereocenters. The molecule has 7 nitrogen and oxygen atoms in total. The Morgan fingerprint density at radius 2 is 1.73 bits per heavy atom. The third-order valence-corrected chi connectivity index (χ3v) is 6.23. The molecule has 2 heterocycles. The van der Waals surface area contributed by atoms with Crippen molar-refractivity contribution in [1.82, 2.24) is 9.21 Å². The normalized spacial score (nSPS) is 16.5. The van der Waals surface area contributed by atoms with Gasteiger partial charge >= 0.3 is 0 Å². The van der Waals surface area contributed by atoms with Gasteiger partial charge in [0.2, 0.25) is 15.9 Å². The molecule has 1 aliphatic heterocycles. The monoisotopic (exact) mass is 377 g/mol. The van der Waals surface area contributed by atoms with Gasteiger partial charge in [-0.05, 0) is 43.3 Å². The van der Waals surface area contributed by atoms with Crippen molar-refractivity contribution in [1.29, 1.82) is 0 Å². The van der Waals surface area contributed by atoms with E-state index in [4.69, 9.17) is 4.42 Å². The maximum absolute atomic E-state index is 12.8. The fraction of sp³-hybridized carbons (Fsp3) is 0.389. The molecule has 0 spiro atoms. The van der Waals surface area contributed by atoms with E-state index in [1.165, 1.54) is 23.4 Å². The van der Waals surface area contributed by atoms with E-state index in [-0.39, 0.29) is 10.8 Å². The molecular weight excluding hydrogens is 354 g/mol. The lowest BCUT2D eigenvalue weighted by molar-refractivity contribution is -0.114. The van der Waals surface area contributed by atoms with Gasteiger partial charge in [-0.3, -0.25) is 9.69 Å². The average Bonchev–Trinajstić information content (AvgIpc) is 3.00. The number of benzene rings is 1. The molecule has 0 atom stereocenters. The minimum Gasteiger partial charge on any atom is -0.465 e. The first kappa shape index (κ1) is 18.6. The lowest BCUT2D eigenvalue weighted by atomic mass is 10.3. The topological polar surface area (TPSA) is 82.9 Å². The number of hydrogen-bond donors (Lipinski definition) is 1. The maximum atomic E-state index is 12.8. The van der Waals surface area contributed by atoms with E-state index in [0.717, 1.165) is 11.5 Å². The maximum Gasteiger partial charge on any atom is 0.243 e. The summed E-state index contributed by atoms with van der Waals surface area (Å²) in [4.78, 5) is 13.5. The molecular formula is C18H23N3O4S. The molecule has 1 aromatic carbocycles. The third-order valence-electron chi connectivity index (χ3n) is 4.32. The van der Waals surface area contributed by atoms with E-state index in [1.54, 1.807) is 12.1 Å². The molecule has 26 heavy (non-hydrogen) atoms. The molecule has 3 rings (SSSR count). The minimum atomic E-state index is -3.53. The van der Waals surface area contributed by atoms with Gasteiger partial charge in [-0.25, -0.2) is 8.42 Å². The number of carbonyl (C=O) groups is 1. The first-order valence-corrected chi connectivity index (χ1v) is 9.94. The SMILES string of the molecule is CC(=O)Nc1ccc(S(=O)(=O)N2CCN(Cc3ccc(C)o3)CC2)cc1. The fourth-order valence-electron chi connectivity index (χ4n) is 2.98. The van der Waals surface area contributed by atoms with Crippen LogP contribution in [-0.2, 0) is 21.4 Å². The zero-order valence-corrected chi connectivity index (χ0v) is 15.8. The highest BCUT2D eigenvalue weighted by Gasteiger charge is 2.28. The summed E-state index contributed by atoms with van der Waals surface area (Å²) in [6, 6.07) is 10.1. The molecule has 0 bridgehead atoms. The Morgan fingerprint density at radius 3 is 2.27 bits per heavy atom. The molecule has 1 saturated heterocycles. The van der Waals surface area contributed by atoms with Crippen molar-refractivity contribution in [2.24, 2.45) is 0 Å². The van der Waals surface area contributed by atoms with Crippen LogP contribution in [0.2, 0.25) is 0 Å². The number of amides is 1. The number of hydrogen-bond acceptors (Lipinski definition) is 5. The van der Waals surface area contributed by atoms with Crippen molar-refractivity contribution in [3.63, 3.8) is 0 Å². The molecule has 1 aliphatic rings. The predicted molar refractivity (Wildman–Crippen MR) is 98.2 cm³/mol. The van der Waals surface area contributed by atoms with Crippen LogP contribution in [-0.4, -0.2) is 49.7 Å². The Morgan fingerprint density at radius 1 is 1.08 bits per heavy atom. The number of aryl methyl sites for hydroxylation is 1. The van der Waals surface area contributed by atoms with Crippen molar-refractivity contribution < 1.29 is 17.6 Å². The number of nitrogens with one attached hydrogen (secondary N) is 1. The lowest BCUT2D eigenvalue weighted by Gasteiger charge is -2.33. The van der Waals surface area contributed by atoms with Crippen LogP contribution in [0, 0.1) is 6.92 Å². The van der Waals surface area contributed by atoms with Crippen LogP contribution in [0.4, 0.5) is 5.69 Å². The van der Waals surface area contributed by atoms with Gasteiger partial charge in [0.25, 0.3) is 0 Å². The molecule has 0 aliphatic carbocycles. The molecule has 1 aromatic heterocycles. The van der Waals surface area contributed by atoms with Gasteiger partial charge in [0.1, 0.15) is 11.5 Å². The molecule has 0 saturated carbocycles. The number of sulfonamides is 1. The number of rotatable bonds is 5. The van der Waals surface area contributed by atoms with Crippen LogP contribution in [0.1, 0.15) is 18.4 Å². The second-order valence-corrected chi connectivity index (χ2v) is 8.34. The first-order chi connectivity index (χ1) is 12.3. The van der Waals surface area contributed by atoms with E-state index in [1.807, 2.05) is 19.1 Å². The summed E-state index contributed by atoms with van der Waals surface area (Å²) in [5.41, 5.74) is 0.579.